The quantitative estimate of drug-likeness (QED) is 0.776. The van der Waals surface area contributed by atoms with E-state index in [1.165, 1.54) is 0 Å². The fourth-order valence-electron chi connectivity index (χ4n) is 1.25. The van der Waals surface area contributed by atoms with Gasteiger partial charge in [-0.25, -0.2) is 0 Å². The van der Waals surface area contributed by atoms with Gasteiger partial charge < -0.3 is 10.1 Å². The number of nitrogens with one attached hydrogen (secondary N) is 1. The normalized spacial score (nSPS) is 14.9. The SMILES string of the molecule is CCC(C)NCC(C)Oc1cnn(C)c1. The molecule has 1 heterocycles. The lowest BCUT2D eigenvalue weighted by Gasteiger charge is -2.17. The average molecular weight is 211 g/mol. The van der Waals surface area contributed by atoms with Crippen LogP contribution in [0.3, 0.4) is 0 Å². The van der Waals surface area contributed by atoms with Crippen LogP contribution in [0.4, 0.5) is 0 Å². The van der Waals surface area contributed by atoms with E-state index in [-0.39, 0.29) is 6.10 Å². The molecule has 0 aliphatic carbocycles. The highest BCUT2D eigenvalue weighted by molar-refractivity contribution is 5.11. The van der Waals surface area contributed by atoms with E-state index in [2.05, 4.69) is 31.2 Å². The molecule has 0 aromatic carbocycles. The minimum absolute atomic E-state index is 0.170. The van der Waals surface area contributed by atoms with Crippen LogP contribution in [0.1, 0.15) is 27.2 Å². The van der Waals surface area contributed by atoms with E-state index in [1.807, 2.05) is 13.2 Å². The van der Waals surface area contributed by atoms with E-state index in [0.717, 1.165) is 18.7 Å². The fraction of sp³-hybridized carbons (Fsp3) is 0.727. The van der Waals surface area contributed by atoms with Crippen molar-refractivity contribution in [3.63, 3.8) is 0 Å². The molecule has 0 fully saturated rings. The maximum atomic E-state index is 5.68. The van der Waals surface area contributed by atoms with Crippen LogP contribution < -0.4 is 10.1 Å². The topological polar surface area (TPSA) is 39.1 Å². The van der Waals surface area contributed by atoms with Gasteiger partial charge in [-0.3, -0.25) is 4.68 Å². The number of aromatic nitrogens is 2. The summed E-state index contributed by atoms with van der Waals surface area (Å²) in [5.41, 5.74) is 0. The van der Waals surface area contributed by atoms with Gasteiger partial charge in [0, 0.05) is 19.6 Å². The van der Waals surface area contributed by atoms with Crippen molar-refractivity contribution in [1.29, 1.82) is 0 Å². The first kappa shape index (κ1) is 12.0. The van der Waals surface area contributed by atoms with Crippen LogP contribution >= 0.6 is 0 Å². The van der Waals surface area contributed by atoms with Gasteiger partial charge in [-0.15, -0.1) is 0 Å². The first-order valence-electron chi connectivity index (χ1n) is 5.50. The highest BCUT2D eigenvalue weighted by Gasteiger charge is 2.06. The average Bonchev–Trinajstić information content (AvgIpc) is 2.60. The fourth-order valence-corrected chi connectivity index (χ4v) is 1.25. The van der Waals surface area contributed by atoms with Crippen LogP contribution in [0.25, 0.3) is 0 Å². The maximum Gasteiger partial charge on any atom is 0.157 e. The van der Waals surface area contributed by atoms with E-state index in [1.54, 1.807) is 10.9 Å². The Balaban J connectivity index is 2.27. The molecular formula is C11H21N3O. The van der Waals surface area contributed by atoms with Gasteiger partial charge >= 0.3 is 0 Å². The number of aryl methyl sites for hydroxylation is 1. The zero-order chi connectivity index (χ0) is 11.3. The standard InChI is InChI=1S/C11H21N3O/c1-5-9(2)12-6-10(3)15-11-7-13-14(4)8-11/h7-10,12H,5-6H2,1-4H3. The lowest BCUT2D eigenvalue weighted by molar-refractivity contribution is 0.212. The second kappa shape index (κ2) is 5.75. The Hall–Kier alpha value is -1.03. The van der Waals surface area contributed by atoms with Crippen molar-refractivity contribution in [3.05, 3.63) is 12.4 Å². The second-order valence-corrected chi connectivity index (χ2v) is 4.00. The molecule has 0 spiro atoms. The number of nitrogens with zero attached hydrogens (tertiary/aromatic N) is 2. The highest BCUT2D eigenvalue weighted by Crippen LogP contribution is 2.09. The molecule has 1 rings (SSSR count). The molecule has 0 saturated heterocycles. The molecule has 2 atom stereocenters. The van der Waals surface area contributed by atoms with Gasteiger partial charge in [0.05, 0.1) is 12.4 Å². The van der Waals surface area contributed by atoms with Crippen molar-refractivity contribution >= 4 is 0 Å². The van der Waals surface area contributed by atoms with Crippen LogP contribution in [0.15, 0.2) is 12.4 Å². The summed E-state index contributed by atoms with van der Waals surface area (Å²) in [7, 11) is 1.88. The third-order valence-corrected chi connectivity index (χ3v) is 2.38. The highest BCUT2D eigenvalue weighted by atomic mass is 16.5. The summed E-state index contributed by atoms with van der Waals surface area (Å²) in [5.74, 6) is 0.830. The first-order chi connectivity index (χ1) is 7.11. The molecule has 0 bridgehead atoms. The van der Waals surface area contributed by atoms with Gasteiger partial charge in [0.15, 0.2) is 5.75 Å². The molecule has 0 amide bonds. The third-order valence-electron chi connectivity index (χ3n) is 2.38. The molecule has 0 aliphatic rings. The largest absolute Gasteiger partial charge is 0.486 e. The minimum Gasteiger partial charge on any atom is -0.486 e. The van der Waals surface area contributed by atoms with Crippen LogP contribution in [0, 0.1) is 0 Å². The summed E-state index contributed by atoms with van der Waals surface area (Å²) in [6.45, 7) is 7.27. The van der Waals surface area contributed by atoms with Crippen LogP contribution in [0.5, 0.6) is 5.75 Å². The predicted octanol–water partition coefficient (Wildman–Crippen LogP) is 1.58. The molecule has 1 aromatic heterocycles. The Morgan fingerprint density at radius 3 is 2.80 bits per heavy atom. The third kappa shape index (κ3) is 4.34. The van der Waals surface area contributed by atoms with Crippen molar-refractivity contribution in [1.82, 2.24) is 15.1 Å². The van der Waals surface area contributed by atoms with E-state index in [9.17, 15) is 0 Å². The van der Waals surface area contributed by atoms with E-state index in [4.69, 9.17) is 4.74 Å². The first-order valence-corrected chi connectivity index (χ1v) is 5.50. The molecule has 86 valence electrons. The molecule has 1 aromatic rings. The Labute approximate surface area is 91.6 Å². The monoisotopic (exact) mass is 211 g/mol. The zero-order valence-corrected chi connectivity index (χ0v) is 10.0. The molecule has 1 N–H and O–H groups in total. The molecule has 2 unspecified atom stereocenters. The molecule has 4 heteroatoms. The lowest BCUT2D eigenvalue weighted by atomic mass is 10.2. The minimum atomic E-state index is 0.170. The second-order valence-electron chi connectivity index (χ2n) is 4.00. The van der Waals surface area contributed by atoms with Crippen LogP contribution in [0.2, 0.25) is 0 Å². The Morgan fingerprint density at radius 1 is 1.53 bits per heavy atom. The lowest BCUT2D eigenvalue weighted by Crippen LogP contribution is -2.34. The summed E-state index contributed by atoms with van der Waals surface area (Å²) in [4.78, 5) is 0. The number of hydrogen-bond donors (Lipinski definition) is 1. The Bertz CT molecular complexity index is 285. The number of ether oxygens (including phenoxy) is 1. The number of hydrogen-bond acceptors (Lipinski definition) is 3. The predicted molar refractivity (Wildman–Crippen MR) is 61.1 cm³/mol. The summed E-state index contributed by atoms with van der Waals surface area (Å²) in [6, 6.07) is 0.546. The Morgan fingerprint density at radius 2 is 2.27 bits per heavy atom. The Kier molecular flexibility index (Phi) is 4.62. The van der Waals surface area contributed by atoms with Gasteiger partial charge in [-0.2, -0.15) is 5.10 Å². The van der Waals surface area contributed by atoms with Crippen molar-refractivity contribution in [2.45, 2.75) is 39.3 Å². The smallest absolute Gasteiger partial charge is 0.157 e. The number of rotatable bonds is 6. The molecule has 4 nitrogen and oxygen atoms in total. The van der Waals surface area contributed by atoms with Crippen molar-refractivity contribution in [2.24, 2.45) is 7.05 Å². The van der Waals surface area contributed by atoms with Crippen molar-refractivity contribution in [2.75, 3.05) is 6.54 Å². The van der Waals surface area contributed by atoms with Gasteiger partial charge in [-0.05, 0) is 20.3 Å². The van der Waals surface area contributed by atoms with Crippen molar-refractivity contribution < 1.29 is 4.74 Å². The molecular weight excluding hydrogens is 190 g/mol. The van der Waals surface area contributed by atoms with E-state index >= 15 is 0 Å². The summed E-state index contributed by atoms with van der Waals surface area (Å²) >= 11 is 0. The van der Waals surface area contributed by atoms with Gasteiger partial charge in [0.2, 0.25) is 0 Å². The van der Waals surface area contributed by atoms with Crippen molar-refractivity contribution in [3.8, 4) is 5.75 Å². The molecule has 15 heavy (non-hydrogen) atoms. The van der Waals surface area contributed by atoms with Crippen LogP contribution in [-0.2, 0) is 7.05 Å². The van der Waals surface area contributed by atoms with Gasteiger partial charge in [0.25, 0.3) is 0 Å². The molecule has 0 aliphatic heterocycles. The summed E-state index contributed by atoms with van der Waals surface area (Å²) in [5, 5.41) is 7.46. The molecule has 0 saturated carbocycles. The molecule has 0 radical (unpaired) electrons. The summed E-state index contributed by atoms with van der Waals surface area (Å²) in [6.07, 6.45) is 4.92. The zero-order valence-electron chi connectivity index (χ0n) is 10.0. The van der Waals surface area contributed by atoms with E-state index < -0.39 is 0 Å². The van der Waals surface area contributed by atoms with Gasteiger partial charge in [0.1, 0.15) is 6.10 Å². The van der Waals surface area contributed by atoms with Gasteiger partial charge in [-0.1, -0.05) is 6.92 Å². The maximum absolute atomic E-state index is 5.68. The van der Waals surface area contributed by atoms with E-state index in [0.29, 0.717) is 6.04 Å². The summed E-state index contributed by atoms with van der Waals surface area (Å²) < 4.78 is 7.42. The van der Waals surface area contributed by atoms with Crippen LogP contribution in [-0.4, -0.2) is 28.5 Å².